The number of carboxylic acids is 1. The topological polar surface area (TPSA) is 80.9 Å². The molecule has 178 valence electrons. The van der Waals surface area contributed by atoms with Gasteiger partial charge in [0.2, 0.25) is 0 Å². The summed E-state index contributed by atoms with van der Waals surface area (Å²) in [5.41, 5.74) is 6.19. The molecule has 1 unspecified atom stereocenters. The molecule has 2 aliphatic rings. The van der Waals surface area contributed by atoms with Gasteiger partial charge in [0.1, 0.15) is 5.75 Å². The second kappa shape index (κ2) is 8.77. The first-order valence-corrected chi connectivity index (χ1v) is 12.5. The van der Waals surface area contributed by atoms with Gasteiger partial charge >= 0.3 is 5.97 Å². The van der Waals surface area contributed by atoms with Crippen molar-refractivity contribution in [2.24, 2.45) is 4.99 Å². The molecule has 1 aliphatic heterocycles. The van der Waals surface area contributed by atoms with Gasteiger partial charge < -0.3 is 9.84 Å². The summed E-state index contributed by atoms with van der Waals surface area (Å²) >= 11 is 1.35. The fraction of sp³-hybridized carbons (Fsp3) is 0.138. The lowest BCUT2D eigenvalue weighted by molar-refractivity contribution is 0.0697. The van der Waals surface area contributed by atoms with E-state index in [1.165, 1.54) is 16.9 Å². The summed E-state index contributed by atoms with van der Waals surface area (Å²) in [4.78, 5) is 30.7. The van der Waals surface area contributed by atoms with Crippen molar-refractivity contribution in [1.82, 2.24) is 4.57 Å². The maximum Gasteiger partial charge on any atom is 0.335 e. The molecular formula is C29H22N2O4S. The van der Waals surface area contributed by atoms with E-state index in [9.17, 15) is 14.7 Å². The molecule has 0 saturated heterocycles. The van der Waals surface area contributed by atoms with Crippen LogP contribution < -0.4 is 19.6 Å². The van der Waals surface area contributed by atoms with E-state index in [1.807, 2.05) is 30.3 Å². The molecule has 0 saturated carbocycles. The van der Waals surface area contributed by atoms with Gasteiger partial charge in [0.05, 0.1) is 28.9 Å². The van der Waals surface area contributed by atoms with Gasteiger partial charge in [-0.2, -0.15) is 0 Å². The van der Waals surface area contributed by atoms with Crippen LogP contribution in [0.1, 0.15) is 45.1 Å². The van der Waals surface area contributed by atoms with Gasteiger partial charge in [0, 0.05) is 11.1 Å². The highest BCUT2D eigenvalue weighted by Crippen LogP contribution is 2.43. The van der Waals surface area contributed by atoms with E-state index in [-0.39, 0.29) is 17.2 Å². The molecule has 36 heavy (non-hydrogen) atoms. The number of methoxy groups -OCH3 is 1. The number of para-hydroxylation sites is 1. The van der Waals surface area contributed by atoms with Crippen molar-refractivity contribution in [2.45, 2.75) is 18.9 Å². The van der Waals surface area contributed by atoms with Gasteiger partial charge in [-0.05, 0) is 53.8 Å². The van der Waals surface area contributed by atoms with E-state index in [0.29, 0.717) is 9.33 Å². The minimum absolute atomic E-state index is 0.123. The number of rotatable bonds is 4. The van der Waals surface area contributed by atoms with Crippen molar-refractivity contribution in [3.8, 4) is 5.75 Å². The first kappa shape index (κ1) is 22.2. The molecule has 0 radical (unpaired) electrons. The Bertz CT molecular complexity index is 1730. The zero-order chi connectivity index (χ0) is 24.8. The van der Waals surface area contributed by atoms with Crippen LogP contribution in [0.15, 0.2) is 88.2 Å². The van der Waals surface area contributed by atoms with Crippen LogP contribution in [0.2, 0.25) is 0 Å². The van der Waals surface area contributed by atoms with Crippen molar-refractivity contribution in [3.05, 3.63) is 126 Å². The van der Waals surface area contributed by atoms with Crippen LogP contribution in [0.25, 0.3) is 11.8 Å². The van der Waals surface area contributed by atoms with Crippen LogP contribution >= 0.6 is 11.3 Å². The van der Waals surface area contributed by atoms with Crippen molar-refractivity contribution in [1.29, 1.82) is 0 Å². The Labute approximate surface area is 210 Å². The Morgan fingerprint density at radius 1 is 1.06 bits per heavy atom. The quantitative estimate of drug-likeness (QED) is 0.465. The normalized spacial score (nSPS) is 16.6. The first-order chi connectivity index (χ1) is 17.5. The Morgan fingerprint density at radius 3 is 2.58 bits per heavy atom. The average molecular weight is 495 g/mol. The molecule has 7 heteroatoms. The highest BCUT2D eigenvalue weighted by Gasteiger charge is 2.33. The lowest BCUT2D eigenvalue weighted by Gasteiger charge is -2.31. The smallest absolute Gasteiger partial charge is 0.335 e. The summed E-state index contributed by atoms with van der Waals surface area (Å²) in [6.45, 7) is 0. The maximum atomic E-state index is 13.8. The number of aromatic nitrogens is 1. The highest BCUT2D eigenvalue weighted by molar-refractivity contribution is 7.07. The molecule has 1 N–H and O–H groups in total. The third-order valence-corrected chi connectivity index (χ3v) is 7.74. The third kappa shape index (κ3) is 3.60. The third-order valence-electron chi connectivity index (χ3n) is 6.76. The molecule has 1 aromatic heterocycles. The molecule has 6 rings (SSSR count). The number of allylic oxidation sites excluding steroid dienone is 1. The van der Waals surface area contributed by atoms with E-state index in [1.54, 1.807) is 42.0 Å². The molecule has 6 nitrogen and oxygen atoms in total. The first-order valence-electron chi connectivity index (χ1n) is 11.6. The lowest BCUT2D eigenvalue weighted by atomic mass is 9.83. The Kier molecular flexibility index (Phi) is 5.42. The predicted molar refractivity (Wildman–Crippen MR) is 139 cm³/mol. The number of nitrogens with zero attached hydrogens (tertiary/aromatic N) is 2. The zero-order valence-corrected chi connectivity index (χ0v) is 20.3. The van der Waals surface area contributed by atoms with Crippen LogP contribution in [0.5, 0.6) is 5.75 Å². The van der Waals surface area contributed by atoms with E-state index in [2.05, 4.69) is 18.2 Å². The molecule has 0 spiro atoms. The summed E-state index contributed by atoms with van der Waals surface area (Å²) < 4.78 is 8.05. The van der Waals surface area contributed by atoms with Crippen LogP contribution in [0.3, 0.4) is 0 Å². The number of hydrogen-bond donors (Lipinski definition) is 1. The predicted octanol–water partition coefficient (Wildman–Crippen LogP) is 4.03. The number of thiazole rings is 1. The van der Waals surface area contributed by atoms with E-state index < -0.39 is 5.97 Å². The second-order valence-electron chi connectivity index (χ2n) is 8.78. The molecule has 0 fully saturated rings. The largest absolute Gasteiger partial charge is 0.496 e. The minimum atomic E-state index is -0.983. The van der Waals surface area contributed by atoms with Crippen LogP contribution in [-0.4, -0.2) is 22.8 Å². The molecule has 4 aromatic rings. The lowest BCUT2D eigenvalue weighted by Crippen LogP contribution is -2.39. The van der Waals surface area contributed by atoms with Crippen molar-refractivity contribution < 1.29 is 14.6 Å². The average Bonchev–Trinajstić information content (AvgIpc) is 3.22. The summed E-state index contributed by atoms with van der Waals surface area (Å²) in [6.07, 6.45) is 3.49. The minimum Gasteiger partial charge on any atom is -0.496 e. The molecule has 0 bridgehead atoms. The Balaban J connectivity index is 1.60. The summed E-state index contributed by atoms with van der Waals surface area (Å²) in [7, 11) is 1.65. The van der Waals surface area contributed by atoms with Crippen LogP contribution in [0.4, 0.5) is 0 Å². The molecule has 2 heterocycles. The van der Waals surface area contributed by atoms with Gasteiger partial charge in [-0.3, -0.25) is 9.36 Å². The maximum absolute atomic E-state index is 13.8. The Hall–Kier alpha value is -4.23. The van der Waals surface area contributed by atoms with Gasteiger partial charge in [-0.25, -0.2) is 9.79 Å². The summed E-state index contributed by atoms with van der Waals surface area (Å²) in [6, 6.07) is 22.3. The van der Waals surface area contributed by atoms with Gasteiger partial charge in [-0.15, -0.1) is 0 Å². The fourth-order valence-corrected chi connectivity index (χ4v) is 6.07. The highest BCUT2D eigenvalue weighted by atomic mass is 32.1. The number of fused-ring (bicyclic) bond motifs is 3. The zero-order valence-electron chi connectivity index (χ0n) is 19.5. The van der Waals surface area contributed by atoms with Gasteiger partial charge in [-0.1, -0.05) is 65.9 Å². The Morgan fingerprint density at radius 2 is 1.81 bits per heavy atom. The van der Waals surface area contributed by atoms with Gasteiger partial charge in [0.15, 0.2) is 4.80 Å². The number of benzene rings is 3. The SMILES string of the molecule is COc1ccccc1C1C2=C(N=c3s/c(=C\c4ccc(C(=O)O)cc4)c(=O)n31)c1ccccc1CC2. The van der Waals surface area contributed by atoms with Crippen molar-refractivity contribution in [3.63, 3.8) is 0 Å². The summed E-state index contributed by atoms with van der Waals surface area (Å²) in [5.74, 6) is -0.252. The molecule has 0 amide bonds. The number of aromatic carboxylic acids is 1. The molecular weight excluding hydrogens is 472 g/mol. The number of carbonyl (C=O) groups is 1. The second-order valence-corrected chi connectivity index (χ2v) is 9.79. The fourth-order valence-electron chi connectivity index (χ4n) is 5.06. The number of aryl methyl sites for hydroxylation is 1. The molecule has 1 atom stereocenters. The number of hydrogen-bond acceptors (Lipinski definition) is 5. The van der Waals surface area contributed by atoms with Crippen molar-refractivity contribution >= 4 is 29.1 Å². The number of carboxylic acid groups (broad SMARTS) is 1. The monoisotopic (exact) mass is 494 g/mol. The standard InChI is InChI=1S/C29H22N2O4S/c1-35-23-9-5-4-8-21(23)26-22-15-14-18-6-2-3-7-20(18)25(22)30-29-31(26)27(32)24(36-29)16-17-10-12-19(13-11-17)28(33)34/h2-13,16,26H,14-15H2,1H3,(H,33,34)/b24-16-. The van der Waals surface area contributed by atoms with Crippen LogP contribution in [0, 0.1) is 0 Å². The molecule has 3 aromatic carbocycles. The van der Waals surface area contributed by atoms with E-state index >= 15 is 0 Å². The van der Waals surface area contributed by atoms with E-state index in [4.69, 9.17) is 9.73 Å². The van der Waals surface area contributed by atoms with Crippen LogP contribution in [-0.2, 0) is 6.42 Å². The number of ether oxygens (including phenoxy) is 1. The molecule has 1 aliphatic carbocycles. The van der Waals surface area contributed by atoms with E-state index in [0.717, 1.165) is 46.6 Å². The summed E-state index contributed by atoms with van der Waals surface area (Å²) in [5, 5.41) is 9.18. The van der Waals surface area contributed by atoms with Gasteiger partial charge in [0.25, 0.3) is 5.56 Å². The van der Waals surface area contributed by atoms with Crippen molar-refractivity contribution in [2.75, 3.05) is 7.11 Å².